The Kier molecular flexibility index (Phi) is 9.01. The first kappa shape index (κ1) is 17.4. The summed E-state index contributed by atoms with van der Waals surface area (Å²) in [7, 11) is 0. The zero-order valence-corrected chi connectivity index (χ0v) is 13.2. The maximum Gasteiger partial charge on any atom is 0.0633 e. The van der Waals surface area contributed by atoms with E-state index in [0.717, 1.165) is 12.8 Å². The fourth-order valence-electron chi connectivity index (χ4n) is 2.05. The summed E-state index contributed by atoms with van der Waals surface area (Å²) in [5, 5.41) is 0. The first-order valence-electron chi connectivity index (χ1n) is 5.53. The molecule has 0 aromatic carbocycles. The van der Waals surface area contributed by atoms with Crippen LogP contribution in [0, 0.1) is 0 Å². The Bertz CT molecular complexity index is 125. The summed E-state index contributed by atoms with van der Waals surface area (Å²) in [6.07, 6.45) is 4.66. The average molecular weight is 209 g/mol. The average Bonchev–Trinajstić information content (AvgIpc) is 1.82. The SMILES string of the molecule is CCCC(C)(C)OC(C)(C)CCC.[Na]. The van der Waals surface area contributed by atoms with E-state index in [-0.39, 0.29) is 40.8 Å². The van der Waals surface area contributed by atoms with Gasteiger partial charge in [-0.15, -0.1) is 0 Å². The maximum atomic E-state index is 6.11. The molecular formula is C12H26NaO. The Labute approximate surface area is 112 Å². The van der Waals surface area contributed by atoms with E-state index < -0.39 is 0 Å². The van der Waals surface area contributed by atoms with Gasteiger partial charge < -0.3 is 4.74 Å². The molecule has 0 aliphatic rings. The van der Waals surface area contributed by atoms with Crippen molar-refractivity contribution in [3.05, 3.63) is 0 Å². The number of rotatable bonds is 6. The van der Waals surface area contributed by atoms with Crippen LogP contribution in [0.3, 0.4) is 0 Å². The van der Waals surface area contributed by atoms with Crippen LogP contribution in [0.1, 0.15) is 67.2 Å². The van der Waals surface area contributed by atoms with Crippen molar-refractivity contribution in [2.75, 3.05) is 0 Å². The van der Waals surface area contributed by atoms with Crippen LogP contribution in [-0.4, -0.2) is 40.8 Å². The van der Waals surface area contributed by atoms with Gasteiger partial charge in [-0.2, -0.15) is 0 Å². The second-order valence-corrected chi connectivity index (χ2v) is 5.12. The molecule has 0 saturated carbocycles. The van der Waals surface area contributed by atoms with Crippen LogP contribution in [0.5, 0.6) is 0 Å². The van der Waals surface area contributed by atoms with E-state index >= 15 is 0 Å². The van der Waals surface area contributed by atoms with E-state index in [1.807, 2.05) is 0 Å². The number of ether oxygens (including phenoxy) is 1. The predicted octanol–water partition coefficient (Wildman–Crippen LogP) is 3.78. The van der Waals surface area contributed by atoms with Crippen molar-refractivity contribution in [1.82, 2.24) is 0 Å². The molecule has 0 N–H and O–H groups in total. The van der Waals surface area contributed by atoms with Crippen molar-refractivity contribution < 1.29 is 4.74 Å². The molecule has 1 radical (unpaired) electrons. The topological polar surface area (TPSA) is 9.23 Å². The monoisotopic (exact) mass is 209 g/mol. The van der Waals surface area contributed by atoms with Gasteiger partial charge in [0.05, 0.1) is 11.2 Å². The first-order chi connectivity index (χ1) is 5.83. The molecule has 0 amide bonds. The minimum absolute atomic E-state index is 0. The molecule has 0 atom stereocenters. The Morgan fingerprint density at radius 1 is 0.786 bits per heavy atom. The van der Waals surface area contributed by atoms with Gasteiger partial charge in [-0.05, 0) is 40.5 Å². The van der Waals surface area contributed by atoms with E-state index in [0.29, 0.717) is 0 Å². The molecule has 0 spiro atoms. The summed E-state index contributed by atoms with van der Waals surface area (Å²) in [6, 6.07) is 0. The summed E-state index contributed by atoms with van der Waals surface area (Å²) < 4.78 is 6.11. The van der Waals surface area contributed by atoms with Crippen LogP contribution in [0.2, 0.25) is 0 Å². The molecule has 81 valence electrons. The second-order valence-electron chi connectivity index (χ2n) is 5.12. The molecule has 2 heteroatoms. The minimum Gasteiger partial charge on any atom is -0.370 e. The normalized spacial score (nSPS) is 12.4. The third-order valence-corrected chi connectivity index (χ3v) is 2.26. The van der Waals surface area contributed by atoms with Gasteiger partial charge in [0.25, 0.3) is 0 Å². The zero-order chi connectivity index (χ0) is 10.5. The van der Waals surface area contributed by atoms with Gasteiger partial charge in [0.1, 0.15) is 0 Å². The first-order valence-corrected chi connectivity index (χ1v) is 5.53. The van der Waals surface area contributed by atoms with Crippen molar-refractivity contribution in [2.24, 2.45) is 0 Å². The number of hydrogen-bond donors (Lipinski definition) is 0. The molecule has 0 unspecified atom stereocenters. The molecule has 0 aromatic rings. The fraction of sp³-hybridized carbons (Fsp3) is 1.00. The molecule has 0 heterocycles. The summed E-state index contributed by atoms with van der Waals surface area (Å²) in [5.74, 6) is 0. The van der Waals surface area contributed by atoms with E-state index in [1.165, 1.54) is 12.8 Å². The van der Waals surface area contributed by atoms with Crippen molar-refractivity contribution >= 4 is 29.6 Å². The van der Waals surface area contributed by atoms with E-state index in [2.05, 4.69) is 41.5 Å². The minimum atomic E-state index is 0. The third-order valence-electron chi connectivity index (χ3n) is 2.26. The molecule has 0 aliphatic heterocycles. The van der Waals surface area contributed by atoms with Crippen LogP contribution in [0.15, 0.2) is 0 Å². The Morgan fingerprint density at radius 3 is 1.29 bits per heavy atom. The Hall–Kier alpha value is 0.960. The van der Waals surface area contributed by atoms with Gasteiger partial charge >= 0.3 is 0 Å². The molecule has 0 aliphatic carbocycles. The molecule has 0 rings (SSSR count). The van der Waals surface area contributed by atoms with E-state index in [4.69, 9.17) is 4.74 Å². The largest absolute Gasteiger partial charge is 0.370 e. The molecule has 1 nitrogen and oxygen atoms in total. The fourth-order valence-corrected chi connectivity index (χ4v) is 2.05. The smallest absolute Gasteiger partial charge is 0.0633 e. The second kappa shape index (κ2) is 7.27. The molecule has 0 bridgehead atoms. The zero-order valence-electron chi connectivity index (χ0n) is 11.2. The third kappa shape index (κ3) is 8.28. The summed E-state index contributed by atoms with van der Waals surface area (Å²) in [6.45, 7) is 13.2. The number of hydrogen-bond acceptors (Lipinski definition) is 1. The summed E-state index contributed by atoms with van der Waals surface area (Å²) in [5.41, 5.74) is 0.0703. The van der Waals surface area contributed by atoms with Crippen molar-refractivity contribution in [3.8, 4) is 0 Å². The van der Waals surface area contributed by atoms with E-state index in [1.54, 1.807) is 0 Å². The molecule has 0 saturated heterocycles. The predicted molar refractivity (Wildman–Crippen MR) is 64.8 cm³/mol. The molecule has 0 aromatic heterocycles. The van der Waals surface area contributed by atoms with Gasteiger partial charge in [-0.1, -0.05) is 26.7 Å². The van der Waals surface area contributed by atoms with Crippen LogP contribution >= 0.6 is 0 Å². The molecule has 0 fully saturated rings. The van der Waals surface area contributed by atoms with Crippen molar-refractivity contribution in [2.45, 2.75) is 78.4 Å². The van der Waals surface area contributed by atoms with E-state index in [9.17, 15) is 0 Å². The van der Waals surface area contributed by atoms with Crippen LogP contribution < -0.4 is 0 Å². The van der Waals surface area contributed by atoms with Crippen molar-refractivity contribution in [1.29, 1.82) is 0 Å². The quantitative estimate of drug-likeness (QED) is 0.605. The maximum absolute atomic E-state index is 6.11. The van der Waals surface area contributed by atoms with Crippen LogP contribution in [-0.2, 0) is 4.74 Å². The van der Waals surface area contributed by atoms with Gasteiger partial charge in [0.2, 0.25) is 0 Å². The summed E-state index contributed by atoms with van der Waals surface area (Å²) >= 11 is 0. The summed E-state index contributed by atoms with van der Waals surface area (Å²) in [4.78, 5) is 0. The molecular weight excluding hydrogens is 183 g/mol. The van der Waals surface area contributed by atoms with Crippen molar-refractivity contribution in [3.63, 3.8) is 0 Å². The van der Waals surface area contributed by atoms with Gasteiger partial charge in [-0.3, -0.25) is 0 Å². The van der Waals surface area contributed by atoms with Gasteiger partial charge in [-0.25, -0.2) is 0 Å². The Morgan fingerprint density at radius 2 is 1.07 bits per heavy atom. The van der Waals surface area contributed by atoms with Crippen LogP contribution in [0.4, 0.5) is 0 Å². The standard InChI is InChI=1S/C12H26O.Na/c1-7-9-11(3,4)13-12(5,6)10-8-2;/h7-10H2,1-6H3;. The van der Waals surface area contributed by atoms with Gasteiger partial charge in [0, 0.05) is 29.6 Å². The van der Waals surface area contributed by atoms with Crippen LogP contribution in [0.25, 0.3) is 0 Å². The Balaban J connectivity index is 0. The molecule has 14 heavy (non-hydrogen) atoms. The van der Waals surface area contributed by atoms with Gasteiger partial charge in [0.15, 0.2) is 0 Å².